The van der Waals surface area contributed by atoms with E-state index < -0.39 is 21.7 Å². The van der Waals surface area contributed by atoms with Gasteiger partial charge in [0.1, 0.15) is 11.3 Å². The van der Waals surface area contributed by atoms with Crippen molar-refractivity contribution in [3.8, 4) is 17.0 Å². The van der Waals surface area contributed by atoms with E-state index in [2.05, 4.69) is 38.3 Å². The molecule has 2 aromatic carbocycles. The number of amides is 2. The number of nitrogens with one attached hydrogen (secondary N) is 1. The van der Waals surface area contributed by atoms with Gasteiger partial charge in [-0.05, 0) is 85.5 Å². The third kappa shape index (κ3) is 4.37. The zero-order valence-electron chi connectivity index (χ0n) is 27.1. The van der Waals surface area contributed by atoms with Gasteiger partial charge in [0.25, 0.3) is 5.91 Å². The van der Waals surface area contributed by atoms with Crippen molar-refractivity contribution in [3.63, 3.8) is 0 Å². The Morgan fingerprint density at radius 2 is 1.70 bits per heavy atom. The number of hydrogen-bond donors (Lipinski definition) is 1. The molecule has 244 valence electrons. The maximum atomic E-state index is 15.0. The summed E-state index contributed by atoms with van der Waals surface area (Å²) in [5.41, 5.74) is 4.92. The molecule has 5 aliphatic rings. The molecule has 2 saturated carbocycles. The van der Waals surface area contributed by atoms with Crippen molar-refractivity contribution in [1.82, 2.24) is 23.4 Å². The zero-order chi connectivity index (χ0) is 32.1. The lowest BCUT2D eigenvalue weighted by Crippen LogP contribution is -2.44. The van der Waals surface area contributed by atoms with E-state index in [0.29, 0.717) is 24.2 Å². The van der Waals surface area contributed by atoms with Gasteiger partial charge in [-0.3, -0.25) is 9.59 Å². The second-order valence-electron chi connectivity index (χ2n) is 14.5. The predicted octanol–water partition coefficient (Wildman–Crippen LogP) is 4.12. The van der Waals surface area contributed by atoms with Gasteiger partial charge in [-0.2, -0.15) is 12.7 Å². The van der Waals surface area contributed by atoms with Gasteiger partial charge in [-0.25, -0.2) is 4.72 Å². The maximum Gasteiger partial charge on any atom is 0.303 e. The minimum absolute atomic E-state index is 0.0119. The highest BCUT2D eigenvalue weighted by atomic mass is 32.2. The Hall–Kier alpha value is -3.41. The number of likely N-dealkylation sites (tertiary alicyclic amines) is 2. The Kier molecular flexibility index (Phi) is 6.87. The Morgan fingerprint density at radius 3 is 2.37 bits per heavy atom. The molecule has 0 radical (unpaired) electrons. The van der Waals surface area contributed by atoms with Gasteiger partial charge in [-0.1, -0.05) is 25.3 Å². The molecule has 1 aromatic heterocycles. The number of hydrogen-bond acceptors (Lipinski definition) is 6. The van der Waals surface area contributed by atoms with Crippen LogP contribution >= 0.6 is 0 Å². The second-order valence-corrected chi connectivity index (χ2v) is 16.4. The molecule has 4 unspecified atom stereocenters. The lowest BCUT2D eigenvalue weighted by Gasteiger charge is -2.34. The molecule has 4 heterocycles. The van der Waals surface area contributed by atoms with Crippen molar-refractivity contribution in [2.75, 3.05) is 54.4 Å². The van der Waals surface area contributed by atoms with Crippen LogP contribution in [0, 0.1) is 11.8 Å². The maximum absolute atomic E-state index is 15.0. The minimum atomic E-state index is -3.97. The fraction of sp³-hybridized carbons (Fsp3) is 0.543. The lowest BCUT2D eigenvalue weighted by atomic mass is 9.80. The summed E-state index contributed by atoms with van der Waals surface area (Å²) in [4.78, 5) is 32.9. The molecule has 1 N–H and O–H groups in total. The van der Waals surface area contributed by atoms with E-state index in [-0.39, 0.29) is 17.4 Å². The number of fused-ring (bicyclic) bond motifs is 9. The fourth-order valence-corrected chi connectivity index (χ4v) is 9.78. The van der Waals surface area contributed by atoms with Gasteiger partial charge in [0.15, 0.2) is 0 Å². The molecule has 0 spiro atoms. The molecule has 2 saturated heterocycles. The van der Waals surface area contributed by atoms with Crippen LogP contribution in [-0.4, -0.2) is 93.3 Å². The molecular weight excluding hydrogens is 602 g/mol. The summed E-state index contributed by atoms with van der Waals surface area (Å²) in [6.07, 6.45) is 6.38. The van der Waals surface area contributed by atoms with Crippen molar-refractivity contribution in [2.45, 2.75) is 55.9 Å². The lowest BCUT2D eigenvalue weighted by molar-refractivity contribution is -0.135. The SMILES string of the molecule is COc1ccc2c(c1)C1CC1(C(=O)N1CC3CN(C)CC3C1)n1c-2c(C2CCCCC2)c2ccc(C(=O)NS(=O)(=O)N(C)C)cc21. The van der Waals surface area contributed by atoms with E-state index >= 15 is 4.79 Å². The van der Waals surface area contributed by atoms with E-state index in [1.807, 2.05) is 18.2 Å². The minimum Gasteiger partial charge on any atom is -0.497 e. The van der Waals surface area contributed by atoms with Gasteiger partial charge < -0.3 is 19.1 Å². The first-order valence-electron chi connectivity index (χ1n) is 16.6. The molecule has 4 atom stereocenters. The quantitative estimate of drug-likeness (QED) is 0.433. The third-order valence-corrected chi connectivity index (χ3v) is 12.9. The van der Waals surface area contributed by atoms with E-state index in [1.165, 1.54) is 26.1 Å². The van der Waals surface area contributed by atoms with E-state index in [0.717, 1.165) is 89.6 Å². The molecule has 0 bridgehead atoms. The largest absolute Gasteiger partial charge is 0.497 e. The van der Waals surface area contributed by atoms with Gasteiger partial charge in [0, 0.05) is 62.7 Å². The number of carbonyl (C=O) groups is 2. The summed E-state index contributed by atoms with van der Waals surface area (Å²) in [7, 11) is 2.64. The van der Waals surface area contributed by atoms with Crippen LogP contribution in [0.4, 0.5) is 0 Å². The summed E-state index contributed by atoms with van der Waals surface area (Å²) in [6.45, 7) is 3.58. The highest BCUT2D eigenvalue weighted by Gasteiger charge is 2.68. The Labute approximate surface area is 270 Å². The smallest absolute Gasteiger partial charge is 0.303 e. The predicted molar refractivity (Wildman–Crippen MR) is 176 cm³/mol. The van der Waals surface area contributed by atoms with Crippen molar-refractivity contribution >= 4 is 32.9 Å². The van der Waals surface area contributed by atoms with Crippen molar-refractivity contribution < 1.29 is 22.7 Å². The summed E-state index contributed by atoms with van der Waals surface area (Å²) < 4.78 is 36.3. The van der Waals surface area contributed by atoms with Crippen LogP contribution in [0.25, 0.3) is 22.2 Å². The first-order chi connectivity index (χ1) is 22.0. The number of benzene rings is 2. The molecule has 4 fully saturated rings. The number of ether oxygens (including phenoxy) is 1. The topological polar surface area (TPSA) is 104 Å². The number of carbonyl (C=O) groups excluding carboxylic acids is 2. The normalized spacial score (nSPS) is 27.3. The Morgan fingerprint density at radius 1 is 0.978 bits per heavy atom. The van der Waals surface area contributed by atoms with E-state index in [9.17, 15) is 13.2 Å². The summed E-state index contributed by atoms with van der Waals surface area (Å²) >= 11 is 0. The van der Waals surface area contributed by atoms with E-state index in [4.69, 9.17) is 4.74 Å². The highest BCUT2D eigenvalue weighted by Crippen LogP contribution is 2.67. The average molecular weight is 646 g/mol. The summed E-state index contributed by atoms with van der Waals surface area (Å²) in [6, 6.07) is 11.8. The van der Waals surface area contributed by atoms with Crippen LogP contribution < -0.4 is 9.46 Å². The van der Waals surface area contributed by atoms with Crippen molar-refractivity contribution in [2.24, 2.45) is 11.8 Å². The van der Waals surface area contributed by atoms with Crippen molar-refractivity contribution in [1.29, 1.82) is 0 Å². The first-order valence-corrected chi connectivity index (χ1v) is 18.1. The van der Waals surface area contributed by atoms with Crippen molar-refractivity contribution in [3.05, 3.63) is 53.1 Å². The number of rotatable bonds is 6. The van der Waals surface area contributed by atoms with Crippen LogP contribution in [0.1, 0.15) is 71.8 Å². The van der Waals surface area contributed by atoms with Gasteiger partial charge in [0.05, 0.1) is 18.3 Å². The molecule has 11 heteroatoms. The summed E-state index contributed by atoms with van der Waals surface area (Å²) in [5, 5.41) is 1.05. The zero-order valence-corrected chi connectivity index (χ0v) is 27.9. The standard InChI is InChI=1S/C35H43N5O5S/c1-37(2)46(43,44)36-33(41)22-10-12-27-30(14-22)40-32(31(27)21-8-6-5-7-9-21)26-13-11-25(45-4)15-28(26)29-16-35(29,40)34(42)39-19-23-17-38(3)18-24(23)20-39/h10-15,21,23-24,29H,5-9,16-20H2,1-4H3,(H,36,41). The Balaban J connectivity index is 1.33. The number of nitrogens with zero attached hydrogens (tertiary/aromatic N) is 4. The number of methoxy groups -OCH3 is 1. The monoisotopic (exact) mass is 645 g/mol. The second kappa shape index (κ2) is 10.6. The highest BCUT2D eigenvalue weighted by molar-refractivity contribution is 7.87. The molecule has 10 nitrogen and oxygen atoms in total. The van der Waals surface area contributed by atoms with Crippen LogP contribution in [0.5, 0.6) is 5.75 Å². The van der Waals surface area contributed by atoms with Gasteiger partial charge in [0.2, 0.25) is 5.91 Å². The molecule has 2 amide bonds. The van der Waals surface area contributed by atoms with Crippen LogP contribution in [0.15, 0.2) is 36.4 Å². The molecule has 2 aliphatic carbocycles. The van der Waals surface area contributed by atoms with Crippen LogP contribution in [0.3, 0.4) is 0 Å². The van der Waals surface area contributed by atoms with Crippen LogP contribution in [-0.2, 0) is 20.5 Å². The molecule has 3 aromatic rings. The molecular formula is C35H43N5O5S. The molecule has 8 rings (SSSR count). The average Bonchev–Trinajstić information content (AvgIpc) is 3.33. The molecule has 3 aliphatic heterocycles. The number of aromatic nitrogens is 1. The first kappa shape index (κ1) is 30.0. The Bertz CT molecular complexity index is 1870. The fourth-order valence-electron chi connectivity index (χ4n) is 9.24. The molecule has 46 heavy (non-hydrogen) atoms. The van der Waals surface area contributed by atoms with Gasteiger partial charge >= 0.3 is 10.2 Å². The van der Waals surface area contributed by atoms with E-state index in [1.54, 1.807) is 13.2 Å². The van der Waals surface area contributed by atoms with Gasteiger partial charge in [-0.15, -0.1) is 0 Å². The van der Waals surface area contributed by atoms with Crippen LogP contribution in [0.2, 0.25) is 0 Å². The summed E-state index contributed by atoms with van der Waals surface area (Å²) in [5.74, 6) is 1.58. The third-order valence-electron chi connectivity index (χ3n) is 11.5.